The Labute approximate surface area is 112 Å². The maximum absolute atomic E-state index is 12.3. The van der Waals surface area contributed by atoms with Crippen LogP contribution in [-0.4, -0.2) is 42.1 Å². The van der Waals surface area contributed by atoms with Crippen molar-refractivity contribution >= 4 is 11.7 Å². The van der Waals surface area contributed by atoms with Crippen molar-refractivity contribution in [3.05, 3.63) is 23.4 Å². The van der Waals surface area contributed by atoms with Crippen LogP contribution in [0.2, 0.25) is 0 Å². The molecule has 19 heavy (non-hydrogen) atoms. The van der Waals surface area contributed by atoms with E-state index in [-0.39, 0.29) is 12.0 Å². The first-order valence-electron chi connectivity index (χ1n) is 6.42. The Kier molecular flexibility index (Phi) is 4.34. The normalized spacial score (nSPS) is 18.4. The summed E-state index contributed by atoms with van der Waals surface area (Å²) in [5, 5.41) is 0. The van der Waals surface area contributed by atoms with Crippen LogP contribution in [0.15, 0.2) is 12.1 Å². The predicted octanol–water partition coefficient (Wildman–Crippen LogP) is 0.927. The van der Waals surface area contributed by atoms with E-state index in [0.29, 0.717) is 17.9 Å². The molecule has 1 saturated heterocycles. The van der Waals surface area contributed by atoms with E-state index in [9.17, 15) is 4.79 Å². The quantitative estimate of drug-likeness (QED) is 0.624. The van der Waals surface area contributed by atoms with Crippen molar-refractivity contribution in [2.45, 2.75) is 25.9 Å². The number of hydrogen-bond donors (Lipinski definition) is 2. The summed E-state index contributed by atoms with van der Waals surface area (Å²) in [4.78, 5) is 18.2. The molecule has 104 valence electrons. The molecule has 6 heteroatoms. The number of carbonyl (C=O) groups is 1. The van der Waals surface area contributed by atoms with Crippen LogP contribution in [0.4, 0.5) is 5.82 Å². The van der Waals surface area contributed by atoms with Gasteiger partial charge in [0.25, 0.3) is 5.91 Å². The zero-order chi connectivity index (χ0) is 13.8. The van der Waals surface area contributed by atoms with Crippen LogP contribution in [0.3, 0.4) is 0 Å². The lowest BCUT2D eigenvalue weighted by Crippen LogP contribution is -2.34. The number of nitrogen functional groups attached to an aromatic ring is 1. The number of aryl methyl sites for hydroxylation is 1. The number of nitrogens with zero attached hydrogens (tertiary/aromatic N) is 2. The highest BCUT2D eigenvalue weighted by Gasteiger charge is 2.21. The summed E-state index contributed by atoms with van der Waals surface area (Å²) >= 11 is 0. The van der Waals surface area contributed by atoms with Gasteiger partial charge < -0.3 is 15.1 Å². The molecule has 1 aromatic rings. The van der Waals surface area contributed by atoms with Crippen molar-refractivity contribution in [1.29, 1.82) is 0 Å². The van der Waals surface area contributed by atoms with Crippen molar-refractivity contribution in [3.63, 3.8) is 0 Å². The smallest absolute Gasteiger partial charge is 0.253 e. The first kappa shape index (κ1) is 13.8. The molecule has 1 amide bonds. The Morgan fingerprint density at radius 1 is 1.63 bits per heavy atom. The lowest BCUT2D eigenvalue weighted by molar-refractivity contribution is 0.0587. The molecule has 1 aromatic heterocycles. The highest BCUT2D eigenvalue weighted by molar-refractivity contribution is 5.94. The van der Waals surface area contributed by atoms with E-state index in [1.165, 1.54) is 0 Å². The van der Waals surface area contributed by atoms with Crippen LogP contribution < -0.4 is 11.3 Å². The minimum Gasteiger partial charge on any atom is -0.376 e. The van der Waals surface area contributed by atoms with Crippen LogP contribution >= 0.6 is 0 Å². The topological polar surface area (TPSA) is 80.5 Å². The highest BCUT2D eigenvalue weighted by atomic mass is 16.5. The molecule has 2 rings (SSSR count). The van der Waals surface area contributed by atoms with Gasteiger partial charge in [-0.15, -0.1) is 0 Å². The molecule has 1 atom stereocenters. The second-order valence-electron chi connectivity index (χ2n) is 4.85. The number of ether oxygens (including phenoxy) is 1. The number of amides is 1. The third kappa shape index (κ3) is 3.42. The molecule has 0 aliphatic carbocycles. The SMILES string of the molecule is Cc1cc(C(=O)N(C)CC2CCCO2)cc(NN)n1. The molecule has 3 N–H and O–H groups in total. The zero-order valence-electron chi connectivity index (χ0n) is 11.3. The summed E-state index contributed by atoms with van der Waals surface area (Å²) in [7, 11) is 1.79. The van der Waals surface area contributed by atoms with Gasteiger partial charge >= 0.3 is 0 Å². The summed E-state index contributed by atoms with van der Waals surface area (Å²) in [5.41, 5.74) is 3.81. The molecule has 0 bridgehead atoms. The van der Waals surface area contributed by atoms with E-state index >= 15 is 0 Å². The lowest BCUT2D eigenvalue weighted by Gasteiger charge is -2.21. The number of nitrogens with two attached hydrogens (primary N) is 1. The Morgan fingerprint density at radius 2 is 2.42 bits per heavy atom. The minimum atomic E-state index is -0.0440. The van der Waals surface area contributed by atoms with Gasteiger partial charge in [-0.3, -0.25) is 4.79 Å². The molecule has 2 heterocycles. The van der Waals surface area contributed by atoms with Crippen molar-refractivity contribution in [3.8, 4) is 0 Å². The van der Waals surface area contributed by atoms with Gasteiger partial charge in [-0.1, -0.05) is 0 Å². The van der Waals surface area contributed by atoms with E-state index < -0.39 is 0 Å². The average Bonchev–Trinajstić information content (AvgIpc) is 2.89. The molecule has 0 radical (unpaired) electrons. The largest absolute Gasteiger partial charge is 0.376 e. The number of hydrogen-bond acceptors (Lipinski definition) is 5. The molecule has 0 aromatic carbocycles. The zero-order valence-corrected chi connectivity index (χ0v) is 11.3. The van der Waals surface area contributed by atoms with E-state index in [0.717, 1.165) is 25.1 Å². The Bertz CT molecular complexity index is 458. The van der Waals surface area contributed by atoms with E-state index in [1.807, 2.05) is 6.92 Å². The first-order valence-corrected chi connectivity index (χ1v) is 6.42. The van der Waals surface area contributed by atoms with Crippen LogP contribution in [0, 0.1) is 6.92 Å². The van der Waals surface area contributed by atoms with Gasteiger partial charge in [0.05, 0.1) is 6.10 Å². The van der Waals surface area contributed by atoms with Crippen molar-refractivity contribution in [2.75, 3.05) is 25.6 Å². The molecule has 0 saturated carbocycles. The first-order chi connectivity index (χ1) is 9.10. The summed E-state index contributed by atoms with van der Waals surface area (Å²) in [5.74, 6) is 5.79. The molecule has 1 fully saturated rings. The number of pyridine rings is 1. The van der Waals surface area contributed by atoms with Gasteiger partial charge in [0.15, 0.2) is 0 Å². The van der Waals surface area contributed by atoms with Crippen molar-refractivity contribution < 1.29 is 9.53 Å². The molecule has 6 nitrogen and oxygen atoms in total. The molecule has 1 unspecified atom stereocenters. The highest BCUT2D eigenvalue weighted by Crippen LogP contribution is 2.15. The van der Waals surface area contributed by atoms with Gasteiger partial charge in [-0.05, 0) is 31.9 Å². The fourth-order valence-corrected chi connectivity index (χ4v) is 2.26. The van der Waals surface area contributed by atoms with E-state index in [4.69, 9.17) is 10.6 Å². The average molecular weight is 264 g/mol. The Morgan fingerprint density at radius 3 is 3.05 bits per heavy atom. The number of hydrazine groups is 1. The molecule has 1 aliphatic heterocycles. The number of carbonyl (C=O) groups excluding carboxylic acids is 1. The van der Waals surface area contributed by atoms with Crippen LogP contribution in [-0.2, 0) is 4.74 Å². The van der Waals surface area contributed by atoms with Gasteiger partial charge in [0, 0.05) is 31.5 Å². The third-order valence-corrected chi connectivity index (χ3v) is 3.20. The molecular formula is C13H20N4O2. The summed E-state index contributed by atoms with van der Waals surface area (Å²) in [6.45, 7) is 3.24. The van der Waals surface area contributed by atoms with Gasteiger partial charge in [0.2, 0.25) is 0 Å². The van der Waals surface area contributed by atoms with E-state index in [2.05, 4.69) is 10.4 Å². The van der Waals surface area contributed by atoms with E-state index in [1.54, 1.807) is 24.1 Å². The van der Waals surface area contributed by atoms with Crippen LogP contribution in [0.25, 0.3) is 0 Å². The number of aromatic nitrogens is 1. The number of likely N-dealkylation sites (N-methyl/N-ethyl adjacent to an activating group) is 1. The van der Waals surface area contributed by atoms with Crippen LogP contribution in [0.1, 0.15) is 28.9 Å². The molecule has 0 spiro atoms. The lowest BCUT2D eigenvalue weighted by atomic mass is 10.2. The van der Waals surface area contributed by atoms with Crippen molar-refractivity contribution in [1.82, 2.24) is 9.88 Å². The summed E-state index contributed by atoms with van der Waals surface area (Å²) in [6, 6.07) is 3.41. The number of anilines is 1. The number of rotatable bonds is 4. The molecular weight excluding hydrogens is 244 g/mol. The maximum Gasteiger partial charge on any atom is 0.253 e. The minimum absolute atomic E-state index is 0.0440. The van der Waals surface area contributed by atoms with Crippen molar-refractivity contribution in [2.24, 2.45) is 5.84 Å². The van der Waals surface area contributed by atoms with Gasteiger partial charge in [-0.25, -0.2) is 10.8 Å². The standard InChI is InChI=1S/C13H20N4O2/c1-9-6-10(7-12(15-9)16-14)13(18)17(2)8-11-4-3-5-19-11/h6-7,11H,3-5,8,14H2,1-2H3,(H,15,16). The fourth-order valence-electron chi connectivity index (χ4n) is 2.26. The van der Waals surface area contributed by atoms with Gasteiger partial charge in [0.1, 0.15) is 5.82 Å². The monoisotopic (exact) mass is 264 g/mol. The summed E-state index contributed by atoms with van der Waals surface area (Å²) in [6.07, 6.45) is 2.24. The Balaban J connectivity index is 2.07. The number of nitrogens with one attached hydrogen (secondary N) is 1. The maximum atomic E-state index is 12.3. The van der Waals surface area contributed by atoms with Gasteiger partial charge in [-0.2, -0.15) is 0 Å². The second kappa shape index (κ2) is 5.99. The second-order valence-corrected chi connectivity index (χ2v) is 4.85. The van der Waals surface area contributed by atoms with Crippen LogP contribution in [0.5, 0.6) is 0 Å². The fraction of sp³-hybridized carbons (Fsp3) is 0.538. The predicted molar refractivity (Wildman–Crippen MR) is 72.7 cm³/mol. The summed E-state index contributed by atoms with van der Waals surface area (Å²) < 4.78 is 5.54. The Hall–Kier alpha value is -1.66. The third-order valence-electron chi connectivity index (χ3n) is 3.20. The molecule has 1 aliphatic rings.